The zero-order chi connectivity index (χ0) is 12.8. The summed E-state index contributed by atoms with van der Waals surface area (Å²) >= 11 is 0. The molecular weight excluding hydrogens is 212 g/mol. The van der Waals surface area contributed by atoms with Gasteiger partial charge in [-0.25, -0.2) is 0 Å². The normalized spacial score (nSPS) is 12.2. The van der Waals surface area contributed by atoms with E-state index in [1.54, 1.807) is 0 Å². The molecule has 0 aromatic heterocycles. The molecule has 0 aliphatic carbocycles. The Morgan fingerprint density at radius 3 is 2.59 bits per heavy atom. The van der Waals surface area contributed by atoms with Gasteiger partial charge in [0.2, 0.25) is 5.91 Å². The first-order valence-corrected chi connectivity index (χ1v) is 6.24. The molecule has 1 atom stereocenters. The topological polar surface area (TPSA) is 55.1 Å². The number of rotatable bonds is 5. The Hall–Kier alpha value is -1.35. The van der Waals surface area contributed by atoms with Crippen molar-refractivity contribution in [2.45, 2.75) is 46.1 Å². The van der Waals surface area contributed by atoms with Crippen LogP contribution in [0.25, 0.3) is 0 Å². The summed E-state index contributed by atoms with van der Waals surface area (Å²) in [7, 11) is 0. The molecule has 0 saturated carbocycles. The molecule has 1 rings (SSSR count). The van der Waals surface area contributed by atoms with E-state index in [-0.39, 0.29) is 11.9 Å². The molecule has 17 heavy (non-hydrogen) atoms. The number of carbonyl (C=O) groups is 1. The summed E-state index contributed by atoms with van der Waals surface area (Å²) in [4.78, 5) is 11.7. The van der Waals surface area contributed by atoms with Gasteiger partial charge < -0.3 is 11.1 Å². The van der Waals surface area contributed by atoms with Crippen LogP contribution >= 0.6 is 0 Å². The highest BCUT2D eigenvalue weighted by Gasteiger charge is 2.08. The molecule has 0 saturated heterocycles. The Kier molecular flexibility index (Phi) is 5.16. The molecule has 1 unspecified atom stereocenters. The maximum absolute atomic E-state index is 11.7. The van der Waals surface area contributed by atoms with E-state index in [2.05, 4.69) is 37.4 Å². The molecular formula is C14H22N2O. The van der Waals surface area contributed by atoms with Crippen molar-refractivity contribution in [3.8, 4) is 0 Å². The Balaban J connectivity index is 2.83. The first-order chi connectivity index (χ1) is 8.06. The van der Waals surface area contributed by atoms with Gasteiger partial charge in [-0.1, -0.05) is 26.0 Å². The summed E-state index contributed by atoms with van der Waals surface area (Å²) in [5, 5.41) is 2.95. The van der Waals surface area contributed by atoms with E-state index in [4.69, 9.17) is 5.73 Å². The predicted octanol–water partition coefficient (Wildman–Crippen LogP) is 2.49. The monoisotopic (exact) mass is 234 g/mol. The number of hydrogen-bond acceptors (Lipinski definition) is 2. The summed E-state index contributed by atoms with van der Waals surface area (Å²) in [5.41, 5.74) is 8.94. The molecule has 3 nitrogen and oxygen atoms in total. The summed E-state index contributed by atoms with van der Waals surface area (Å²) in [6.45, 7) is 6.03. The fourth-order valence-corrected chi connectivity index (χ4v) is 1.76. The van der Waals surface area contributed by atoms with E-state index in [9.17, 15) is 4.79 Å². The molecule has 0 fully saturated rings. The minimum atomic E-state index is -0.102. The van der Waals surface area contributed by atoms with E-state index in [1.807, 2.05) is 6.92 Å². The first kappa shape index (κ1) is 13.7. The summed E-state index contributed by atoms with van der Waals surface area (Å²) in [6.07, 6.45) is 2.25. The quantitative estimate of drug-likeness (QED) is 0.822. The van der Waals surface area contributed by atoms with Crippen LogP contribution in [0.1, 0.15) is 38.3 Å². The van der Waals surface area contributed by atoms with Crippen molar-refractivity contribution in [2.24, 2.45) is 5.73 Å². The molecule has 0 aliphatic rings. The molecule has 1 aromatic carbocycles. The van der Waals surface area contributed by atoms with Crippen molar-refractivity contribution in [1.82, 2.24) is 0 Å². The third-order valence-corrected chi connectivity index (χ3v) is 2.74. The highest BCUT2D eigenvalue weighted by molar-refractivity contribution is 5.92. The minimum Gasteiger partial charge on any atom is -0.327 e. The van der Waals surface area contributed by atoms with Crippen molar-refractivity contribution >= 4 is 11.6 Å². The second-order valence-corrected chi connectivity index (χ2v) is 4.43. The van der Waals surface area contributed by atoms with Gasteiger partial charge in [-0.3, -0.25) is 4.79 Å². The smallest absolute Gasteiger partial charge is 0.225 e. The first-order valence-electron chi connectivity index (χ1n) is 6.24. The van der Waals surface area contributed by atoms with Crippen molar-refractivity contribution in [3.63, 3.8) is 0 Å². The lowest BCUT2D eigenvalue weighted by Crippen LogP contribution is -2.24. The molecule has 94 valence electrons. The summed E-state index contributed by atoms with van der Waals surface area (Å²) in [6, 6.07) is 6.15. The van der Waals surface area contributed by atoms with Gasteiger partial charge in [0.05, 0.1) is 0 Å². The standard InChI is InChI=1S/C14H22N2O/c1-4-11-6-7-12(5-2)13(9-11)16-14(17)8-10(3)15/h6-7,9-10H,4-5,8,15H2,1-3H3,(H,16,17). The molecule has 3 heteroatoms. The molecule has 1 amide bonds. The Labute approximate surface area is 103 Å². The fraction of sp³-hybridized carbons (Fsp3) is 0.500. The minimum absolute atomic E-state index is 0.0112. The van der Waals surface area contributed by atoms with Crippen molar-refractivity contribution in [2.75, 3.05) is 5.32 Å². The number of benzene rings is 1. The number of amides is 1. The van der Waals surface area contributed by atoms with Gasteiger partial charge >= 0.3 is 0 Å². The molecule has 0 aliphatic heterocycles. The van der Waals surface area contributed by atoms with Crippen LogP contribution < -0.4 is 11.1 Å². The van der Waals surface area contributed by atoms with Gasteiger partial charge in [-0.05, 0) is 37.0 Å². The van der Waals surface area contributed by atoms with Crippen LogP contribution in [-0.4, -0.2) is 11.9 Å². The predicted molar refractivity (Wildman–Crippen MR) is 72.1 cm³/mol. The highest BCUT2D eigenvalue weighted by atomic mass is 16.1. The zero-order valence-corrected chi connectivity index (χ0v) is 10.9. The molecule has 0 bridgehead atoms. The van der Waals surface area contributed by atoms with Gasteiger partial charge in [0, 0.05) is 18.2 Å². The number of carbonyl (C=O) groups excluding carboxylic acids is 1. The number of aryl methyl sites for hydroxylation is 2. The second kappa shape index (κ2) is 6.40. The van der Waals surface area contributed by atoms with Crippen LogP contribution in [0, 0.1) is 0 Å². The lowest BCUT2D eigenvalue weighted by molar-refractivity contribution is -0.116. The third kappa shape index (κ3) is 4.19. The average Bonchev–Trinajstić information content (AvgIpc) is 2.27. The van der Waals surface area contributed by atoms with Gasteiger partial charge in [0.25, 0.3) is 0 Å². The molecule has 0 spiro atoms. The third-order valence-electron chi connectivity index (χ3n) is 2.74. The molecule has 0 heterocycles. The highest BCUT2D eigenvalue weighted by Crippen LogP contribution is 2.19. The van der Waals surface area contributed by atoms with E-state index < -0.39 is 0 Å². The Morgan fingerprint density at radius 2 is 2.06 bits per heavy atom. The second-order valence-electron chi connectivity index (χ2n) is 4.43. The van der Waals surface area contributed by atoms with Crippen LogP contribution in [0.3, 0.4) is 0 Å². The number of nitrogens with two attached hydrogens (primary N) is 1. The maximum Gasteiger partial charge on any atom is 0.225 e. The average molecular weight is 234 g/mol. The van der Waals surface area contributed by atoms with Crippen molar-refractivity contribution in [1.29, 1.82) is 0 Å². The lowest BCUT2D eigenvalue weighted by atomic mass is 10.0. The summed E-state index contributed by atoms with van der Waals surface area (Å²) < 4.78 is 0. The number of anilines is 1. The Morgan fingerprint density at radius 1 is 1.35 bits per heavy atom. The fourth-order valence-electron chi connectivity index (χ4n) is 1.76. The van der Waals surface area contributed by atoms with E-state index in [0.29, 0.717) is 6.42 Å². The van der Waals surface area contributed by atoms with E-state index in [1.165, 1.54) is 11.1 Å². The number of hydrogen-bond donors (Lipinski definition) is 2. The lowest BCUT2D eigenvalue weighted by Gasteiger charge is -2.12. The number of nitrogens with one attached hydrogen (secondary N) is 1. The van der Waals surface area contributed by atoms with Crippen LogP contribution in [0.4, 0.5) is 5.69 Å². The molecule has 1 aromatic rings. The maximum atomic E-state index is 11.7. The van der Waals surface area contributed by atoms with Gasteiger partial charge in [-0.15, -0.1) is 0 Å². The molecule has 3 N–H and O–H groups in total. The zero-order valence-electron chi connectivity index (χ0n) is 10.9. The van der Waals surface area contributed by atoms with Gasteiger partial charge in [0.1, 0.15) is 0 Å². The Bertz CT molecular complexity index is 386. The van der Waals surface area contributed by atoms with Crippen LogP contribution in [-0.2, 0) is 17.6 Å². The summed E-state index contributed by atoms with van der Waals surface area (Å²) in [5.74, 6) is -0.0112. The SMILES string of the molecule is CCc1ccc(CC)c(NC(=O)CC(C)N)c1. The van der Waals surface area contributed by atoms with E-state index >= 15 is 0 Å². The van der Waals surface area contributed by atoms with Crippen LogP contribution in [0.5, 0.6) is 0 Å². The van der Waals surface area contributed by atoms with Crippen LogP contribution in [0.15, 0.2) is 18.2 Å². The molecule has 0 radical (unpaired) electrons. The van der Waals surface area contributed by atoms with Crippen LogP contribution in [0.2, 0.25) is 0 Å². The van der Waals surface area contributed by atoms with E-state index in [0.717, 1.165) is 18.5 Å². The van der Waals surface area contributed by atoms with Crippen molar-refractivity contribution in [3.05, 3.63) is 29.3 Å². The van der Waals surface area contributed by atoms with Gasteiger partial charge in [-0.2, -0.15) is 0 Å². The largest absolute Gasteiger partial charge is 0.327 e. The van der Waals surface area contributed by atoms with Crippen molar-refractivity contribution < 1.29 is 4.79 Å². The van der Waals surface area contributed by atoms with Gasteiger partial charge in [0.15, 0.2) is 0 Å².